The van der Waals surface area contributed by atoms with E-state index in [4.69, 9.17) is 5.73 Å². The number of aromatic amines is 1. The Morgan fingerprint density at radius 1 is 1.25 bits per heavy atom. The normalized spacial score (nSPS) is 19.4. The summed E-state index contributed by atoms with van der Waals surface area (Å²) in [5, 5.41) is 2.97. The fourth-order valence-corrected chi connectivity index (χ4v) is 3.17. The second kappa shape index (κ2) is 3.91. The average molecular weight is 231 g/mol. The number of nitrogens with one attached hydrogen (secondary N) is 1. The van der Waals surface area contributed by atoms with Crippen LogP contribution in [0.15, 0.2) is 29.6 Å². The molecule has 0 aliphatic heterocycles. The van der Waals surface area contributed by atoms with Gasteiger partial charge in [0.25, 0.3) is 0 Å². The number of H-pyrrole nitrogens is 1. The molecule has 0 saturated heterocycles. The van der Waals surface area contributed by atoms with Crippen molar-refractivity contribution in [1.29, 1.82) is 0 Å². The molecule has 0 bridgehead atoms. The molecule has 3 N–H and O–H groups in total. The molecule has 0 saturated carbocycles. The van der Waals surface area contributed by atoms with Gasteiger partial charge in [-0.05, 0) is 30.4 Å². The molecule has 0 amide bonds. The molecule has 1 unspecified atom stereocenters. The van der Waals surface area contributed by atoms with Crippen LogP contribution in [-0.4, -0.2) is 0 Å². The van der Waals surface area contributed by atoms with E-state index in [1.165, 1.54) is 29.7 Å². The predicted octanol–water partition coefficient (Wildman–Crippen LogP) is 2.42. The van der Waals surface area contributed by atoms with Crippen molar-refractivity contribution in [2.75, 3.05) is 5.73 Å². The molecule has 16 heavy (non-hydrogen) atoms. The topological polar surface area (TPSA) is 40.2 Å². The van der Waals surface area contributed by atoms with Crippen molar-refractivity contribution in [3.63, 3.8) is 0 Å². The number of aromatic nitrogens is 1. The minimum Gasteiger partial charge on any atom is -0.278 e. The van der Waals surface area contributed by atoms with Crippen LogP contribution in [0.4, 0.5) is 5.13 Å². The van der Waals surface area contributed by atoms with Crippen LogP contribution in [0, 0.1) is 0 Å². The van der Waals surface area contributed by atoms with Crippen LogP contribution in [-0.2, 0) is 12.8 Å². The SMILES string of the molecule is Nc1[nH+]c(C2CCc3ccccc3C2)cs1. The van der Waals surface area contributed by atoms with Crippen LogP contribution in [0.2, 0.25) is 0 Å². The standard InChI is InChI=1S/C13H14N2S/c14-13-15-12(8-16-13)11-6-5-9-3-1-2-4-10(9)7-11/h1-4,8,11H,5-7H2,(H2,14,15)/p+1. The van der Waals surface area contributed by atoms with Crippen molar-refractivity contribution in [3.8, 4) is 0 Å². The molecule has 2 aromatic rings. The Morgan fingerprint density at radius 3 is 2.81 bits per heavy atom. The molecule has 1 aliphatic rings. The predicted molar refractivity (Wildman–Crippen MR) is 66.5 cm³/mol. The first-order chi connectivity index (χ1) is 7.83. The van der Waals surface area contributed by atoms with Crippen LogP contribution >= 0.6 is 11.3 Å². The lowest BCUT2D eigenvalue weighted by molar-refractivity contribution is -0.369. The molecule has 1 atom stereocenters. The van der Waals surface area contributed by atoms with Gasteiger partial charge < -0.3 is 0 Å². The Morgan fingerprint density at radius 2 is 2.06 bits per heavy atom. The van der Waals surface area contributed by atoms with Gasteiger partial charge in [-0.15, -0.1) is 0 Å². The number of nitrogens with two attached hydrogens (primary N) is 1. The van der Waals surface area contributed by atoms with Crippen LogP contribution in [0.5, 0.6) is 0 Å². The highest BCUT2D eigenvalue weighted by Gasteiger charge is 2.23. The lowest BCUT2D eigenvalue weighted by Gasteiger charge is -2.22. The fraction of sp³-hybridized carbons (Fsp3) is 0.308. The zero-order valence-corrected chi connectivity index (χ0v) is 9.89. The lowest BCUT2D eigenvalue weighted by atomic mass is 9.82. The average Bonchev–Trinajstić information content (AvgIpc) is 2.75. The van der Waals surface area contributed by atoms with Gasteiger partial charge in [-0.1, -0.05) is 35.6 Å². The Hall–Kier alpha value is -1.35. The summed E-state index contributed by atoms with van der Waals surface area (Å²) in [5.41, 5.74) is 10.1. The van der Waals surface area contributed by atoms with Crippen LogP contribution in [0.1, 0.15) is 29.2 Å². The number of nitrogen functional groups attached to an aromatic ring is 1. The molecular formula is C13H15N2S+. The summed E-state index contributed by atoms with van der Waals surface area (Å²) in [7, 11) is 0. The second-order valence-electron chi connectivity index (χ2n) is 4.39. The van der Waals surface area contributed by atoms with Gasteiger partial charge in [-0.25, -0.2) is 4.98 Å². The summed E-state index contributed by atoms with van der Waals surface area (Å²) in [5.74, 6) is 0.614. The summed E-state index contributed by atoms with van der Waals surface area (Å²) >= 11 is 1.60. The van der Waals surface area contributed by atoms with Gasteiger partial charge in [0.2, 0.25) is 0 Å². The van der Waals surface area contributed by atoms with Crippen molar-refractivity contribution in [2.24, 2.45) is 0 Å². The number of hydrogen-bond donors (Lipinski definition) is 1. The van der Waals surface area contributed by atoms with E-state index in [2.05, 4.69) is 34.6 Å². The minimum absolute atomic E-state index is 0.614. The molecule has 0 fully saturated rings. The molecule has 0 radical (unpaired) electrons. The van der Waals surface area contributed by atoms with E-state index in [1.807, 2.05) is 0 Å². The Bertz CT molecular complexity index is 504. The van der Waals surface area contributed by atoms with Gasteiger partial charge >= 0.3 is 5.13 Å². The second-order valence-corrected chi connectivity index (χ2v) is 5.30. The van der Waals surface area contributed by atoms with Crippen molar-refractivity contribution < 1.29 is 4.98 Å². The van der Waals surface area contributed by atoms with E-state index in [1.54, 1.807) is 11.3 Å². The van der Waals surface area contributed by atoms with E-state index >= 15 is 0 Å². The Kier molecular flexibility index (Phi) is 2.40. The first-order valence-corrected chi connectivity index (χ1v) is 6.54. The van der Waals surface area contributed by atoms with E-state index in [-0.39, 0.29) is 0 Å². The van der Waals surface area contributed by atoms with Crippen LogP contribution < -0.4 is 10.7 Å². The molecule has 1 aromatic carbocycles. The molecule has 2 nitrogen and oxygen atoms in total. The first-order valence-electron chi connectivity index (χ1n) is 5.66. The van der Waals surface area contributed by atoms with Gasteiger partial charge in [0, 0.05) is 11.3 Å². The number of rotatable bonds is 1. The molecule has 1 aromatic heterocycles. The number of benzene rings is 1. The monoisotopic (exact) mass is 231 g/mol. The number of thiazole rings is 1. The summed E-state index contributed by atoms with van der Waals surface area (Å²) in [6.07, 6.45) is 3.55. The number of anilines is 1. The summed E-state index contributed by atoms with van der Waals surface area (Å²) in [6.45, 7) is 0. The largest absolute Gasteiger partial charge is 0.329 e. The molecule has 3 rings (SSSR count). The zero-order valence-electron chi connectivity index (χ0n) is 9.07. The minimum atomic E-state index is 0.614. The first kappa shape index (κ1) is 9.85. The Balaban J connectivity index is 1.88. The lowest BCUT2D eigenvalue weighted by Crippen LogP contribution is -2.19. The van der Waals surface area contributed by atoms with Crippen LogP contribution in [0.25, 0.3) is 0 Å². The Labute approximate surface area is 99.1 Å². The fourth-order valence-electron chi connectivity index (χ4n) is 2.49. The van der Waals surface area contributed by atoms with Gasteiger partial charge in [0.05, 0.1) is 0 Å². The summed E-state index contributed by atoms with van der Waals surface area (Å²) in [4.78, 5) is 3.27. The van der Waals surface area contributed by atoms with Gasteiger partial charge in [0.15, 0.2) is 0 Å². The van der Waals surface area contributed by atoms with Crippen molar-refractivity contribution in [2.45, 2.75) is 25.2 Å². The number of fused-ring (bicyclic) bond motifs is 1. The molecular weight excluding hydrogens is 216 g/mol. The summed E-state index contributed by atoms with van der Waals surface area (Å²) < 4.78 is 0. The van der Waals surface area contributed by atoms with Crippen molar-refractivity contribution in [1.82, 2.24) is 0 Å². The highest BCUT2D eigenvalue weighted by atomic mass is 32.1. The zero-order chi connectivity index (χ0) is 11.0. The van der Waals surface area contributed by atoms with Crippen molar-refractivity contribution >= 4 is 16.5 Å². The maximum absolute atomic E-state index is 5.74. The van der Waals surface area contributed by atoms with Gasteiger partial charge in [-0.3, -0.25) is 5.73 Å². The van der Waals surface area contributed by atoms with Crippen LogP contribution in [0.3, 0.4) is 0 Å². The third-order valence-electron chi connectivity index (χ3n) is 3.37. The smallest absolute Gasteiger partial charge is 0.278 e. The molecule has 1 heterocycles. The van der Waals surface area contributed by atoms with E-state index < -0.39 is 0 Å². The van der Waals surface area contributed by atoms with Gasteiger partial charge in [0.1, 0.15) is 5.69 Å². The van der Waals surface area contributed by atoms with E-state index in [0.717, 1.165) is 11.6 Å². The maximum atomic E-state index is 5.74. The third kappa shape index (κ3) is 1.71. The number of hydrogen-bond acceptors (Lipinski definition) is 2. The molecule has 0 spiro atoms. The quantitative estimate of drug-likeness (QED) is 0.804. The number of aryl methyl sites for hydroxylation is 1. The third-order valence-corrected chi connectivity index (χ3v) is 4.09. The molecule has 82 valence electrons. The highest BCUT2D eigenvalue weighted by Crippen LogP contribution is 2.31. The highest BCUT2D eigenvalue weighted by molar-refractivity contribution is 7.13. The molecule has 1 aliphatic carbocycles. The van der Waals surface area contributed by atoms with E-state index in [9.17, 15) is 0 Å². The van der Waals surface area contributed by atoms with Crippen molar-refractivity contribution in [3.05, 3.63) is 46.5 Å². The van der Waals surface area contributed by atoms with E-state index in [0.29, 0.717) is 5.92 Å². The van der Waals surface area contributed by atoms with Gasteiger partial charge in [-0.2, -0.15) is 0 Å². The maximum Gasteiger partial charge on any atom is 0.329 e. The molecule has 3 heteroatoms. The summed E-state index contributed by atoms with van der Waals surface area (Å²) in [6, 6.07) is 8.76.